The van der Waals surface area contributed by atoms with Gasteiger partial charge in [0.1, 0.15) is 6.54 Å². The van der Waals surface area contributed by atoms with E-state index in [4.69, 9.17) is 0 Å². The SMILES string of the molecule is Cc1ccc2c(c1)ncn2CC(=O)NCCNCC1CCCCC1. The summed E-state index contributed by atoms with van der Waals surface area (Å²) in [6, 6.07) is 6.11. The van der Waals surface area contributed by atoms with E-state index in [1.165, 1.54) is 37.7 Å². The first kappa shape index (κ1) is 17.0. The second kappa shape index (κ2) is 8.29. The highest BCUT2D eigenvalue weighted by atomic mass is 16.1. The fraction of sp³-hybridized carbons (Fsp3) is 0.579. The number of aromatic nitrogens is 2. The molecule has 1 aliphatic rings. The van der Waals surface area contributed by atoms with Gasteiger partial charge in [-0.25, -0.2) is 4.98 Å². The zero-order chi connectivity index (χ0) is 16.8. The fourth-order valence-electron chi connectivity index (χ4n) is 3.50. The van der Waals surface area contributed by atoms with Gasteiger partial charge >= 0.3 is 0 Å². The van der Waals surface area contributed by atoms with E-state index in [9.17, 15) is 4.79 Å². The van der Waals surface area contributed by atoms with Gasteiger partial charge in [-0.2, -0.15) is 0 Å². The predicted molar refractivity (Wildman–Crippen MR) is 96.9 cm³/mol. The summed E-state index contributed by atoms with van der Waals surface area (Å²) in [5, 5.41) is 6.46. The molecule has 5 nitrogen and oxygen atoms in total. The van der Waals surface area contributed by atoms with Crippen molar-refractivity contribution < 1.29 is 4.79 Å². The van der Waals surface area contributed by atoms with Crippen molar-refractivity contribution >= 4 is 16.9 Å². The Morgan fingerprint density at radius 3 is 2.92 bits per heavy atom. The van der Waals surface area contributed by atoms with Crippen LogP contribution in [-0.4, -0.2) is 35.1 Å². The summed E-state index contributed by atoms with van der Waals surface area (Å²) in [6.45, 7) is 4.97. The molecule has 0 saturated heterocycles. The van der Waals surface area contributed by atoms with Crippen LogP contribution in [0.3, 0.4) is 0 Å². The maximum atomic E-state index is 12.1. The molecule has 0 aliphatic heterocycles. The molecule has 1 aromatic heterocycles. The Morgan fingerprint density at radius 2 is 2.08 bits per heavy atom. The van der Waals surface area contributed by atoms with E-state index in [1.54, 1.807) is 6.33 Å². The zero-order valence-electron chi connectivity index (χ0n) is 14.6. The van der Waals surface area contributed by atoms with Gasteiger partial charge in [0.05, 0.1) is 17.4 Å². The molecule has 5 heteroatoms. The van der Waals surface area contributed by atoms with Gasteiger partial charge in [-0.05, 0) is 49.9 Å². The average molecular weight is 328 g/mol. The van der Waals surface area contributed by atoms with E-state index in [-0.39, 0.29) is 5.91 Å². The van der Waals surface area contributed by atoms with Crippen LogP contribution < -0.4 is 10.6 Å². The quantitative estimate of drug-likeness (QED) is 0.768. The Balaban J connectivity index is 1.37. The van der Waals surface area contributed by atoms with Crippen LogP contribution >= 0.6 is 0 Å². The molecule has 1 amide bonds. The molecule has 1 aromatic carbocycles. The largest absolute Gasteiger partial charge is 0.353 e. The molecule has 1 heterocycles. The molecular formula is C19H28N4O. The van der Waals surface area contributed by atoms with Crippen LogP contribution in [0.25, 0.3) is 11.0 Å². The van der Waals surface area contributed by atoms with E-state index in [0.29, 0.717) is 13.1 Å². The van der Waals surface area contributed by atoms with Gasteiger partial charge in [-0.15, -0.1) is 0 Å². The van der Waals surface area contributed by atoms with E-state index in [2.05, 4.69) is 15.6 Å². The molecule has 24 heavy (non-hydrogen) atoms. The molecule has 0 bridgehead atoms. The minimum atomic E-state index is 0.0364. The first-order chi connectivity index (χ1) is 11.7. The summed E-state index contributed by atoms with van der Waals surface area (Å²) < 4.78 is 1.90. The van der Waals surface area contributed by atoms with Gasteiger partial charge in [0, 0.05) is 13.1 Å². The Hall–Kier alpha value is -1.88. The van der Waals surface area contributed by atoms with Crippen molar-refractivity contribution in [1.29, 1.82) is 0 Å². The third-order valence-electron chi connectivity index (χ3n) is 4.87. The molecule has 0 unspecified atom stereocenters. The molecule has 0 atom stereocenters. The van der Waals surface area contributed by atoms with Crippen LogP contribution in [0.2, 0.25) is 0 Å². The number of nitrogens with zero attached hydrogens (tertiary/aromatic N) is 2. The third-order valence-corrected chi connectivity index (χ3v) is 4.87. The van der Waals surface area contributed by atoms with Gasteiger partial charge in [-0.1, -0.05) is 25.3 Å². The lowest BCUT2D eigenvalue weighted by Crippen LogP contribution is -2.35. The summed E-state index contributed by atoms with van der Waals surface area (Å²) in [6.07, 6.45) is 8.60. The molecule has 0 spiro atoms. The number of carbonyl (C=O) groups excluding carboxylic acids is 1. The minimum absolute atomic E-state index is 0.0364. The maximum absolute atomic E-state index is 12.1. The number of carbonyl (C=O) groups is 1. The molecule has 2 N–H and O–H groups in total. The van der Waals surface area contributed by atoms with Crippen molar-refractivity contribution in [3.8, 4) is 0 Å². The molecular weight excluding hydrogens is 300 g/mol. The van der Waals surface area contributed by atoms with E-state index < -0.39 is 0 Å². The van der Waals surface area contributed by atoms with Crippen LogP contribution in [0, 0.1) is 12.8 Å². The summed E-state index contributed by atoms with van der Waals surface area (Å²) >= 11 is 0. The van der Waals surface area contributed by atoms with Gasteiger partial charge < -0.3 is 15.2 Å². The highest BCUT2D eigenvalue weighted by Gasteiger charge is 2.12. The minimum Gasteiger partial charge on any atom is -0.353 e. The number of amides is 1. The van der Waals surface area contributed by atoms with Crippen molar-refractivity contribution in [3.63, 3.8) is 0 Å². The lowest BCUT2D eigenvalue weighted by molar-refractivity contribution is -0.121. The number of rotatable bonds is 7. The first-order valence-electron chi connectivity index (χ1n) is 9.11. The number of nitrogens with one attached hydrogen (secondary N) is 2. The standard InChI is InChI=1S/C19H28N4O/c1-15-7-8-18-17(11-15)22-14-23(18)13-19(24)21-10-9-20-12-16-5-3-2-4-6-16/h7-8,11,14,16,20H,2-6,9-10,12-13H2,1H3,(H,21,24). The Labute approximate surface area is 143 Å². The van der Waals surface area contributed by atoms with Gasteiger partial charge in [-0.3, -0.25) is 4.79 Å². The Kier molecular flexibility index (Phi) is 5.86. The van der Waals surface area contributed by atoms with Crippen LogP contribution in [0.5, 0.6) is 0 Å². The number of aryl methyl sites for hydroxylation is 1. The highest BCUT2D eigenvalue weighted by Crippen LogP contribution is 2.22. The summed E-state index contributed by atoms with van der Waals surface area (Å²) in [4.78, 5) is 16.5. The number of fused-ring (bicyclic) bond motifs is 1. The Bertz CT molecular complexity index is 673. The van der Waals surface area contributed by atoms with Gasteiger partial charge in [0.25, 0.3) is 0 Å². The third kappa shape index (κ3) is 4.57. The van der Waals surface area contributed by atoms with Crippen molar-refractivity contribution in [2.45, 2.75) is 45.6 Å². The molecule has 130 valence electrons. The normalized spacial score (nSPS) is 15.7. The van der Waals surface area contributed by atoms with Crippen LogP contribution in [-0.2, 0) is 11.3 Å². The number of benzene rings is 1. The molecule has 2 aromatic rings. The number of hydrogen-bond acceptors (Lipinski definition) is 3. The molecule has 1 fully saturated rings. The van der Waals surface area contributed by atoms with Gasteiger partial charge in [0.15, 0.2) is 0 Å². The molecule has 1 saturated carbocycles. The number of hydrogen-bond donors (Lipinski definition) is 2. The summed E-state index contributed by atoms with van der Waals surface area (Å²) in [5.41, 5.74) is 3.13. The highest BCUT2D eigenvalue weighted by molar-refractivity contribution is 5.80. The maximum Gasteiger partial charge on any atom is 0.240 e. The second-order valence-corrected chi connectivity index (χ2v) is 6.92. The average Bonchev–Trinajstić information content (AvgIpc) is 2.97. The van der Waals surface area contributed by atoms with Crippen LogP contribution in [0.1, 0.15) is 37.7 Å². The predicted octanol–water partition coefficient (Wildman–Crippen LogP) is 2.63. The molecule has 1 aliphatic carbocycles. The van der Waals surface area contributed by atoms with Crippen LogP contribution in [0.15, 0.2) is 24.5 Å². The van der Waals surface area contributed by atoms with E-state index >= 15 is 0 Å². The second-order valence-electron chi connectivity index (χ2n) is 6.92. The number of imidazole rings is 1. The first-order valence-corrected chi connectivity index (χ1v) is 9.11. The van der Waals surface area contributed by atoms with Crippen molar-refractivity contribution in [1.82, 2.24) is 20.2 Å². The topological polar surface area (TPSA) is 59.0 Å². The monoisotopic (exact) mass is 328 g/mol. The van der Waals surface area contributed by atoms with Gasteiger partial charge in [0.2, 0.25) is 5.91 Å². The van der Waals surface area contributed by atoms with E-state index in [1.807, 2.05) is 29.7 Å². The lowest BCUT2D eigenvalue weighted by Gasteiger charge is -2.21. The van der Waals surface area contributed by atoms with E-state index in [0.717, 1.165) is 30.0 Å². The van der Waals surface area contributed by atoms with Crippen molar-refractivity contribution in [2.75, 3.05) is 19.6 Å². The smallest absolute Gasteiger partial charge is 0.240 e. The van der Waals surface area contributed by atoms with Crippen molar-refractivity contribution in [3.05, 3.63) is 30.1 Å². The zero-order valence-corrected chi connectivity index (χ0v) is 14.6. The molecule has 3 rings (SSSR count). The lowest BCUT2D eigenvalue weighted by atomic mass is 9.89. The summed E-state index contributed by atoms with van der Waals surface area (Å²) in [5.74, 6) is 0.865. The summed E-state index contributed by atoms with van der Waals surface area (Å²) in [7, 11) is 0. The van der Waals surface area contributed by atoms with Crippen LogP contribution in [0.4, 0.5) is 0 Å². The fourth-order valence-corrected chi connectivity index (χ4v) is 3.50. The van der Waals surface area contributed by atoms with Crippen molar-refractivity contribution in [2.24, 2.45) is 5.92 Å². The Morgan fingerprint density at radius 1 is 1.25 bits per heavy atom. The molecule has 0 radical (unpaired) electrons.